The van der Waals surface area contributed by atoms with Gasteiger partial charge in [0.05, 0.1) is 0 Å². The molecule has 0 spiro atoms. The predicted molar refractivity (Wildman–Crippen MR) is 58.5 cm³/mol. The van der Waals surface area contributed by atoms with Gasteiger partial charge in [0, 0.05) is 17.0 Å². The van der Waals surface area contributed by atoms with Crippen LogP contribution in [-0.2, 0) is 6.42 Å². The summed E-state index contributed by atoms with van der Waals surface area (Å²) in [4.78, 5) is 3.95. The highest BCUT2D eigenvalue weighted by Gasteiger charge is 2.10. The molecule has 0 amide bonds. The fourth-order valence-corrected chi connectivity index (χ4v) is 2.01. The fraction of sp³-hybridized carbons (Fsp3) is 0.111. The van der Waals surface area contributed by atoms with E-state index in [0.717, 1.165) is 11.5 Å². The van der Waals surface area contributed by atoms with Crippen LogP contribution in [-0.4, -0.2) is 9.36 Å². The third kappa shape index (κ3) is 2.24. The number of benzene rings is 1. The molecule has 2 rings (SSSR count). The van der Waals surface area contributed by atoms with Crippen LogP contribution in [0.5, 0.6) is 0 Å². The van der Waals surface area contributed by atoms with Crippen molar-refractivity contribution in [1.82, 2.24) is 9.36 Å². The van der Waals surface area contributed by atoms with Gasteiger partial charge in [0.25, 0.3) is 0 Å². The predicted octanol–water partition coefficient (Wildman–Crippen LogP) is 2.50. The van der Waals surface area contributed by atoms with Crippen LogP contribution >= 0.6 is 23.1 Å². The molecule has 3 nitrogen and oxygen atoms in total. The van der Waals surface area contributed by atoms with E-state index < -0.39 is 0 Å². The Morgan fingerprint density at radius 2 is 2.27 bits per heavy atom. The van der Waals surface area contributed by atoms with E-state index >= 15 is 0 Å². The van der Waals surface area contributed by atoms with E-state index in [-0.39, 0.29) is 11.8 Å². The molecule has 0 saturated carbocycles. The van der Waals surface area contributed by atoms with Gasteiger partial charge in [-0.05, 0) is 23.7 Å². The molecule has 2 aromatic rings. The van der Waals surface area contributed by atoms with Gasteiger partial charge in [0.1, 0.15) is 10.8 Å². The maximum Gasteiger partial charge on any atom is 0.232 e. The molecule has 6 heteroatoms. The van der Waals surface area contributed by atoms with Gasteiger partial charge in [0.2, 0.25) is 5.95 Å². The van der Waals surface area contributed by atoms with Gasteiger partial charge >= 0.3 is 0 Å². The van der Waals surface area contributed by atoms with Crippen molar-refractivity contribution in [3.05, 3.63) is 39.6 Å². The zero-order chi connectivity index (χ0) is 10.8. The van der Waals surface area contributed by atoms with E-state index in [4.69, 9.17) is 17.3 Å². The average molecular weight is 244 g/mol. The van der Waals surface area contributed by atoms with Crippen LogP contribution < -0.4 is 5.73 Å². The SMILES string of the molecule is Nc1nsc(Cc2c(F)cccc2Cl)n1. The number of nitrogens with zero attached hydrogens (tertiary/aromatic N) is 2. The number of hydrogen-bond donors (Lipinski definition) is 1. The summed E-state index contributed by atoms with van der Waals surface area (Å²) in [7, 11) is 0. The number of nitrogens with two attached hydrogens (primary N) is 1. The normalized spacial score (nSPS) is 10.5. The maximum absolute atomic E-state index is 13.4. The third-order valence-corrected chi connectivity index (χ3v) is 2.95. The summed E-state index contributed by atoms with van der Waals surface area (Å²) in [6.45, 7) is 0. The van der Waals surface area contributed by atoms with Crippen LogP contribution in [0.15, 0.2) is 18.2 Å². The fourth-order valence-electron chi connectivity index (χ4n) is 1.19. The summed E-state index contributed by atoms with van der Waals surface area (Å²) in [5.41, 5.74) is 5.80. The summed E-state index contributed by atoms with van der Waals surface area (Å²) < 4.78 is 17.2. The highest BCUT2D eigenvalue weighted by atomic mass is 35.5. The van der Waals surface area contributed by atoms with E-state index in [1.807, 2.05) is 0 Å². The van der Waals surface area contributed by atoms with Crippen molar-refractivity contribution >= 4 is 29.1 Å². The lowest BCUT2D eigenvalue weighted by molar-refractivity contribution is 0.614. The quantitative estimate of drug-likeness (QED) is 0.882. The minimum Gasteiger partial charge on any atom is -0.367 e. The van der Waals surface area contributed by atoms with Crippen LogP contribution in [0, 0.1) is 5.82 Å². The molecule has 0 aliphatic rings. The summed E-state index contributed by atoms with van der Waals surface area (Å²) >= 11 is 7.02. The molecule has 78 valence electrons. The third-order valence-electron chi connectivity index (χ3n) is 1.87. The Kier molecular flexibility index (Phi) is 2.83. The zero-order valence-electron chi connectivity index (χ0n) is 7.58. The summed E-state index contributed by atoms with van der Waals surface area (Å²) in [5, 5.41) is 1.04. The second-order valence-corrected chi connectivity index (χ2v) is 4.17. The van der Waals surface area contributed by atoms with Crippen LogP contribution in [0.25, 0.3) is 0 Å². The monoisotopic (exact) mass is 243 g/mol. The number of nitrogen functional groups attached to an aromatic ring is 1. The van der Waals surface area contributed by atoms with Gasteiger partial charge in [-0.3, -0.25) is 0 Å². The molecule has 1 aromatic heterocycles. The van der Waals surface area contributed by atoms with Crippen molar-refractivity contribution in [2.75, 3.05) is 5.73 Å². The Morgan fingerprint density at radius 3 is 2.87 bits per heavy atom. The summed E-state index contributed by atoms with van der Waals surface area (Å²) in [5.74, 6) is -0.126. The lowest BCUT2D eigenvalue weighted by Crippen LogP contribution is -1.94. The van der Waals surface area contributed by atoms with E-state index in [1.165, 1.54) is 6.07 Å². The van der Waals surface area contributed by atoms with E-state index in [0.29, 0.717) is 22.0 Å². The van der Waals surface area contributed by atoms with Gasteiger partial charge in [-0.1, -0.05) is 17.7 Å². The van der Waals surface area contributed by atoms with Gasteiger partial charge in [-0.2, -0.15) is 4.37 Å². The lowest BCUT2D eigenvalue weighted by atomic mass is 10.1. The van der Waals surface area contributed by atoms with E-state index in [1.54, 1.807) is 12.1 Å². The molecule has 0 radical (unpaired) electrons. The van der Waals surface area contributed by atoms with Crippen molar-refractivity contribution in [2.45, 2.75) is 6.42 Å². The van der Waals surface area contributed by atoms with Crippen molar-refractivity contribution in [2.24, 2.45) is 0 Å². The first-order valence-electron chi connectivity index (χ1n) is 4.18. The molecule has 0 saturated heterocycles. The summed E-state index contributed by atoms with van der Waals surface area (Å²) in [6, 6.07) is 4.57. The van der Waals surface area contributed by atoms with Crippen LogP contribution in [0.4, 0.5) is 10.3 Å². The van der Waals surface area contributed by atoms with Gasteiger partial charge in [-0.25, -0.2) is 9.37 Å². The molecule has 2 N–H and O–H groups in total. The zero-order valence-corrected chi connectivity index (χ0v) is 9.15. The van der Waals surface area contributed by atoms with Gasteiger partial charge in [0.15, 0.2) is 0 Å². The topological polar surface area (TPSA) is 51.8 Å². The first-order valence-corrected chi connectivity index (χ1v) is 5.33. The molecular weight excluding hydrogens is 237 g/mol. The first-order chi connectivity index (χ1) is 7.16. The molecule has 1 aromatic carbocycles. The number of hydrogen-bond acceptors (Lipinski definition) is 4. The average Bonchev–Trinajstić information content (AvgIpc) is 2.58. The lowest BCUT2D eigenvalue weighted by Gasteiger charge is -2.02. The van der Waals surface area contributed by atoms with Crippen molar-refractivity contribution in [3.63, 3.8) is 0 Å². The molecule has 15 heavy (non-hydrogen) atoms. The Bertz CT molecular complexity index is 466. The number of halogens is 2. The van der Waals surface area contributed by atoms with Gasteiger partial charge in [-0.15, -0.1) is 0 Å². The number of anilines is 1. The minimum absolute atomic E-state index is 0.211. The molecule has 0 aliphatic heterocycles. The van der Waals surface area contributed by atoms with E-state index in [9.17, 15) is 4.39 Å². The van der Waals surface area contributed by atoms with Crippen LogP contribution in [0.1, 0.15) is 10.6 Å². The Morgan fingerprint density at radius 1 is 1.47 bits per heavy atom. The molecule has 0 unspecified atom stereocenters. The van der Waals surface area contributed by atoms with Crippen molar-refractivity contribution in [1.29, 1.82) is 0 Å². The van der Waals surface area contributed by atoms with Gasteiger partial charge < -0.3 is 5.73 Å². The Balaban J connectivity index is 2.31. The molecule has 0 fully saturated rings. The Labute approximate surface area is 94.9 Å². The van der Waals surface area contributed by atoms with Crippen molar-refractivity contribution < 1.29 is 4.39 Å². The number of aromatic nitrogens is 2. The highest BCUT2D eigenvalue weighted by Crippen LogP contribution is 2.22. The largest absolute Gasteiger partial charge is 0.367 e. The molecule has 0 bridgehead atoms. The van der Waals surface area contributed by atoms with E-state index in [2.05, 4.69) is 9.36 Å². The second kappa shape index (κ2) is 4.12. The molecule has 0 aliphatic carbocycles. The standard InChI is InChI=1S/C9H7ClFN3S/c10-6-2-1-3-7(11)5(6)4-8-13-9(12)14-15-8/h1-3H,4H2,(H2,12,14). The molecule has 0 atom stereocenters. The van der Waals surface area contributed by atoms with Crippen LogP contribution in [0.2, 0.25) is 5.02 Å². The second-order valence-electron chi connectivity index (χ2n) is 2.92. The smallest absolute Gasteiger partial charge is 0.232 e. The maximum atomic E-state index is 13.4. The van der Waals surface area contributed by atoms with Crippen LogP contribution in [0.3, 0.4) is 0 Å². The first kappa shape index (κ1) is 10.3. The minimum atomic E-state index is -0.337. The van der Waals surface area contributed by atoms with Crippen molar-refractivity contribution in [3.8, 4) is 0 Å². The molecular formula is C9H7ClFN3S. The highest BCUT2D eigenvalue weighted by molar-refractivity contribution is 7.05. The number of rotatable bonds is 2. The Hall–Kier alpha value is -1.20. The summed E-state index contributed by atoms with van der Waals surface area (Å²) in [6.07, 6.45) is 0.320. The molecule has 1 heterocycles.